The van der Waals surface area contributed by atoms with Crippen LogP contribution in [0.15, 0.2) is 36.4 Å². The second-order valence-electron chi connectivity index (χ2n) is 5.42. The fourth-order valence-corrected chi connectivity index (χ4v) is 3.06. The van der Waals surface area contributed by atoms with Crippen LogP contribution in [0.5, 0.6) is 0 Å². The Bertz CT molecular complexity index is 544. The average molecular weight is 276 g/mol. The molecule has 1 N–H and O–H groups in total. The van der Waals surface area contributed by atoms with E-state index in [1.807, 2.05) is 0 Å². The lowest BCUT2D eigenvalue weighted by molar-refractivity contribution is 0.399. The van der Waals surface area contributed by atoms with E-state index < -0.39 is 0 Å². The van der Waals surface area contributed by atoms with E-state index in [4.69, 9.17) is 0 Å². The van der Waals surface area contributed by atoms with Crippen molar-refractivity contribution in [3.05, 3.63) is 47.5 Å². The molecule has 1 unspecified atom stereocenters. The molecule has 1 fully saturated rings. The highest BCUT2D eigenvalue weighted by Crippen LogP contribution is 2.23. The zero-order chi connectivity index (χ0) is 12.4. The number of piperidine rings is 1. The van der Waals surface area contributed by atoms with Gasteiger partial charge in [-0.3, -0.25) is 0 Å². The molecule has 0 bridgehead atoms. The maximum atomic E-state index is 3.64. The van der Waals surface area contributed by atoms with Gasteiger partial charge in [0.15, 0.2) is 0 Å². The van der Waals surface area contributed by atoms with Crippen LogP contribution in [0.3, 0.4) is 0 Å². The number of halogens is 1. The summed E-state index contributed by atoms with van der Waals surface area (Å²) in [6, 6.07) is 13.9. The van der Waals surface area contributed by atoms with Gasteiger partial charge in [-0.25, -0.2) is 0 Å². The van der Waals surface area contributed by atoms with Gasteiger partial charge in [0.05, 0.1) is 0 Å². The molecular formula is C17H22ClN. The smallest absolute Gasteiger partial charge is 0.0108 e. The van der Waals surface area contributed by atoms with Crippen LogP contribution in [0.1, 0.15) is 30.4 Å². The number of hydrogen-bond acceptors (Lipinski definition) is 1. The first-order valence-electron chi connectivity index (χ1n) is 7.05. The zero-order valence-electron chi connectivity index (χ0n) is 11.5. The number of benzene rings is 2. The predicted molar refractivity (Wildman–Crippen MR) is 85.3 cm³/mol. The molecule has 0 amide bonds. The van der Waals surface area contributed by atoms with Crippen molar-refractivity contribution < 1.29 is 0 Å². The van der Waals surface area contributed by atoms with E-state index in [0.717, 1.165) is 0 Å². The van der Waals surface area contributed by atoms with Gasteiger partial charge in [0.25, 0.3) is 0 Å². The standard InChI is InChI=1S/C17H21N.ClH/c1-13-15(12-16-7-4-5-11-18-16)10-9-14-6-2-3-8-17(13)14;/h2-3,6,8-10,16,18H,4-5,7,11-12H2,1H3;1H. The molecule has 1 saturated heterocycles. The molecule has 1 heterocycles. The van der Waals surface area contributed by atoms with Gasteiger partial charge in [-0.1, -0.05) is 42.8 Å². The fraction of sp³-hybridized carbons (Fsp3) is 0.412. The minimum Gasteiger partial charge on any atom is -0.314 e. The van der Waals surface area contributed by atoms with Crippen LogP contribution in [0.4, 0.5) is 0 Å². The molecule has 1 nitrogen and oxygen atoms in total. The lowest BCUT2D eigenvalue weighted by atomic mass is 9.92. The van der Waals surface area contributed by atoms with Gasteiger partial charge in [-0.15, -0.1) is 12.4 Å². The lowest BCUT2D eigenvalue weighted by Crippen LogP contribution is -2.35. The molecular weight excluding hydrogens is 254 g/mol. The van der Waals surface area contributed by atoms with Crippen molar-refractivity contribution in [2.75, 3.05) is 6.54 Å². The fourth-order valence-electron chi connectivity index (χ4n) is 3.06. The number of hydrogen-bond donors (Lipinski definition) is 1. The van der Waals surface area contributed by atoms with E-state index in [2.05, 4.69) is 48.6 Å². The molecule has 2 aromatic carbocycles. The summed E-state index contributed by atoms with van der Waals surface area (Å²) in [4.78, 5) is 0. The molecule has 2 aromatic rings. The van der Waals surface area contributed by atoms with Crippen LogP contribution < -0.4 is 5.32 Å². The van der Waals surface area contributed by atoms with Crippen LogP contribution in [0, 0.1) is 6.92 Å². The van der Waals surface area contributed by atoms with Crippen molar-refractivity contribution >= 4 is 23.2 Å². The van der Waals surface area contributed by atoms with Gasteiger partial charge in [0.1, 0.15) is 0 Å². The van der Waals surface area contributed by atoms with Crippen molar-refractivity contribution in [3.8, 4) is 0 Å². The highest BCUT2D eigenvalue weighted by molar-refractivity contribution is 5.86. The summed E-state index contributed by atoms with van der Waals surface area (Å²) in [7, 11) is 0. The Morgan fingerprint density at radius 3 is 2.74 bits per heavy atom. The molecule has 1 aliphatic heterocycles. The van der Waals surface area contributed by atoms with Crippen LogP contribution in [-0.4, -0.2) is 12.6 Å². The van der Waals surface area contributed by atoms with E-state index in [1.165, 1.54) is 54.1 Å². The summed E-state index contributed by atoms with van der Waals surface area (Å²) in [5.74, 6) is 0. The van der Waals surface area contributed by atoms with E-state index in [0.29, 0.717) is 6.04 Å². The van der Waals surface area contributed by atoms with Crippen molar-refractivity contribution in [2.45, 2.75) is 38.6 Å². The third-order valence-electron chi connectivity index (χ3n) is 4.19. The SMILES string of the molecule is Cc1c(CC2CCCCN2)ccc2ccccc12.Cl. The van der Waals surface area contributed by atoms with Gasteiger partial charge in [0, 0.05) is 6.04 Å². The van der Waals surface area contributed by atoms with Gasteiger partial charge < -0.3 is 5.32 Å². The lowest BCUT2D eigenvalue weighted by Gasteiger charge is -2.24. The van der Waals surface area contributed by atoms with Crippen molar-refractivity contribution in [1.82, 2.24) is 5.32 Å². The summed E-state index contributed by atoms with van der Waals surface area (Å²) in [6.45, 7) is 3.46. The molecule has 1 atom stereocenters. The van der Waals surface area contributed by atoms with Crippen LogP contribution in [0.2, 0.25) is 0 Å². The highest BCUT2D eigenvalue weighted by Gasteiger charge is 2.14. The summed E-state index contributed by atoms with van der Waals surface area (Å²) in [5, 5.41) is 6.41. The molecule has 19 heavy (non-hydrogen) atoms. The largest absolute Gasteiger partial charge is 0.314 e. The Morgan fingerprint density at radius 1 is 1.11 bits per heavy atom. The van der Waals surface area contributed by atoms with Crippen molar-refractivity contribution in [1.29, 1.82) is 0 Å². The van der Waals surface area contributed by atoms with Crippen LogP contribution >= 0.6 is 12.4 Å². The summed E-state index contributed by atoms with van der Waals surface area (Å²) in [6.07, 6.45) is 5.22. The number of rotatable bonds is 2. The molecule has 2 heteroatoms. The van der Waals surface area contributed by atoms with E-state index in [9.17, 15) is 0 Å². The maximum Gasteiger partial charge on any atom is 0.0108 e. The Labute approximate surface area is 121 Å². The molecule has 102 valence electrons. The van der Waals surface area contributed by atoms with Crippen molar-refractivity contribution in [2.24, 2.45) is 0 Å². The van der Waals surface area contributed by atoms with Crippen molar-refractivity contribution in [3.63, 3.8) is 0 Å². The summed E-state index contributed by atoms with van der Waals surface area (Å²) in [5.41, 5.74) is 2.97. The Balaban J connectivity index is 0.00000133. The number of nitrogens with one attached hydrogen (secondary N) is 1. The number of aryl methyl sites for hydroxylation is 1. The quantitative estimate of drug-likeness (QED) is 0.864. The first-order valence-corrected chi connectivity index (χ1v) is 7.05. The molecule has 0 saturated carbocycles. The zero-order valence-corrected chi connectivity index (χ0v) is 12.3. The Kier molecular flexibility index (Phi) is 4.84. The first kappa shape index (κ1) is 14.4. The summed E-state index contributed by atoms with van der Waals surface area (Å²) < 4.78 is 0. The molecule has 1 aliphatic rings. The second-order valence-corrected chi connectivity index (χ2v) is 5.42. The second kappa shape index (κ2) is 6.40. The Hall–Kier alpha value is -1.05. The topological polar surface area (TPSA) is 12.0 Å². The van der Waals surface area contributed by atoms with E-state index in [-0.39, 0.29) is 12.4 Å². The highest BCUT2D eigenvalue weighted by atomic mass is 35.5. The third kappa shape index (κ3) is 3.10. The predicted octanol–water partition coefficient (Wildman–Crippen LogP) is 4.25. The van der Waals surface area contributed by atoms with E-state index >= 15 is 0 Å². The first-order chi connectivity index (χ1) is 8.84. The molecule has 0 aliphatic carbocycles. The van der Waals surface area contributed by atoms with Gasteiger partial charge in [-0.05, 0) is 54.6 Å². The summed E-state index contributed by atoms with van der Waals surface area (Å²) >= 11 is 0. The van der Waals surface area contributed by atoms with Crippen LogP contribution in [-0.2, 0) is 6.42 Å². The maximum absolute atomic E-state index is 3.64. The number of fused-ring (bicyclic) bond motifs is 1. The van der Waals surface area contributed by atoms with Gasteiger partial charge >= 0.3 is 0 Å². The monoisotopic (exact) mass is 275 g/mol. The minimum absolute atomic E-state index is 0. The normalized spacial score (nSPS) is 19.1. The molecule has 3 rings (SSSR count). The minimum atomic E-state index is 0. The third-order valence-corrected chi connectivity index (χ3v) is 4.19. The van der Waals surface area contributed by atoms with E-state index in [1.54, 1.807) is 0 Å². The van der Waals surface area contributed by atoms with Gasteiger partial charge in [-0.2, -0.15) is 0 Å². The molecule has 0 aromatic heterocycles. The molecule has 0 spiro atoms. The Morgan fingerprint density at radius 2 is 1.95 bits per heavy atom. The van der Waals surface area contributed by atoms with Gasteiger partial charge in [0.2, 0.25) is 0 Å². The average Bonchev–Trinajstić information content (AvgIpc) is 2.43. The molecule has 0 radical (unpaired) electrons. The van der Waals surface area contributed by atoms with Crippen LogP contribution in [0.25, 0.3) is 10.8 Å².